The molecule has 2 aliphatic carbocycles. The number of benzene rings is 1. The summed E-state index contributed by atoms with van der Waals surface area (Å²) in [5, 5.41) is 4.80. The van der Waals surface area contributed by atoms with Crippen molar-refractivity contribution in [2.75, 3.05) is 25.1 Å². The van der Waals surface area contributed by atoms with Gasteiger partial charge in [-0.1, -0.05) is 29.5 Å². The lowest BCUT2D eigenvalue weighted by Crippen LogP contribution is -2.33. The first kappa shape index (κ1) is 22.5. The van der Waals surface area contributed by atoms with Crippen LogP contribution < -0.4 is 10.1 Å². The van der Waals surface area contributed by atoms with E-state index in [9.17, 15) is 0 Å². The number of pyridine rings is 1. The lowest BCUT2D eigenvalue weighted by molar-refractivity contribution is -0.0136. The van der Waals surface area contributed by atoms with E-state index in [0.717, 1.165) is 47.2 Å². The SMILES string of the molecule is C/C=C(\S/C(=C\C)C1CC1)c1cc(OCC)c2cc(NC(=C3CCC3)C3COC3)ccc2n1. The predicted octanol–water partition coefficient (Wildman–Crippen LogP) is 7.54. The molecular weight excluding hydrogens is 428 g/mol. The van der Waals surface area contributed by atoms with Gasteiger partial charge < -0.3 is 14.8 Å². The van der Waals surface area contributed by atoms with Crippen LogP contribution in [0.3, 0.4) is 0 Å². The van der Waals surface area contributed by atoms with Crippen molar-refractivity contribution in [2.45, 2.75) is 52.9 Å². The van der Waals surface area contributed by atoms with Crippen molar-refractivity contribution in [3.05, 3.63) is 58.3 Å². The van der Waals surface area contributed by atoms with E-state index in [1.54, 1.807) is 5.57 Å². The zero-order chi connectivity index (χ0) is 22.8. The summed E-state index contributed by atoms with van der Waals surface area (Å²) in [4.78, 5) is 7.70. The standard InChI is InChI=1S/C28H34N2O2S/c1-4-26(18-10-11-18)33-27(5-2)24-15-25(32-6-3)22-14-21(12-13-23(22)30-24)29-28(19-8-7-9-19)20-16-31-17-20/h4-5,12-15,18,20,29H,6-11,16-17H2,1-3H3/b26-4-,27-5-. The minimum absolute atomic E-state index is 0.504. The molecule has 1 saturated heterocycles. The molecule has 1 aromatic carbocycles. The largest absolute Gasteiger partial charge is 0.493 e. The first-order valence-corrected chi connectivity index (χ1v) is 13.2. The van der Waals surface area contributed by atoms with Gasteiger partial charge in [0, 0.05) is 33.7 Å². The van der Waals surface area contributed by atoms with Crippen LogP contribution in [0.4, 0.5) is 5.69 Å². The van der Waals surface area contributed by atoms with Gasteiger partial charge in [0.2, 0.25) is 0 Å². The summed E-state index contributed by atoms with van der Waals surface area (Å²) in [5.41, 5.74) is 6.00. The number of rotatable bonds is 9. The van der Waals surface area contributed by atoms with E-state index in [0.29, 0.717) is 12.5 Å². The average molecular weight is 463 g/mol. The number of anilines is 1. The minimum Gasteiger partial charge on any atom is -0.493 e. The van der Waals surface area contributed by atoms with Crippen LogP contribution in [0.15, 0.2) is 52.6 Å². The van der Waals surface area contributed by atoms with Gasteiger partial charge in [-0.05, 0) is 81.9 Å². The second kappa shape index (κ2) is 9.94. The highest BCUT2D eigenvalue weighted by Gasteiger charge is 2.29. The molecule has 0 atom stereocenters. The van der Waals surface area contributed by atoms with Crippen molar-refractivity contribution in [3.63, 3.8) is 0 Å². The maximum absolute atomic E-state index is 6.11. The van der Waals surface area contributed by atoms with E-state index in [4.69, 9.17) is 14.5 Å². The van der Waals surface area contributed by atoms with E-state index in [1.807, 2.05) is 18.7 Å². The van der Waals surface area contributed by atoms with Gasteiger partial charge in [-0.2, -0.15) is 0 Å². The van der Waals surface area contributed by atoms with E-state index in [1.165, 1.54) is 47.6 Å². The summed E-state index contributed by atoms with van der Waals surface area (Å²) in [5.74, 6) is 2.14. The molecule has 3 fully saturated rings. The number of nitrogens with one attached hydrogen (secondary N) is 1. The van der Waals surface area contributed by atoms with Gasteiger partial charge in [0.05, 0.1) is 31.0 Å². The topological polar surface area (TPSA) is 43.4 Å². The van der Waals surface area contributed by atoms with Crippen LogP contribution in [0.2, 0.25) is 0 Å². The fourth-order valence-electron chi connectivity index (χ4n) is 4.47. The molecule has 3 aliphatic rings. The first-order chi connectivity index (χ1) is 16.2. The van der Waals surface area contributed by atoms with E-state index in [2.05, 4.69) is 55.6 Å². The van der Waals surface area contributed by atoms with Crippen molar-refractivity contribution in [1.82, 2.24) is 4.98 Å². The summed E-state index contributed by atoms with van der Waals surface area (Å²) in [6, 6.07) is 8.58. The third-order valence-corrected chi connectivity index (χ3v) is 8.21. The number of hydrogen-bond acceptors (Lipinski definition) is 5. The third kappa shape index (κ3) is 4.85. The molecule has 0 spiro atoms. The highest BCUT2D eigenvalue weighted by atomic mass is 32.2. The Balaban J connectivity index is 1.46. The Kier molecular flexibility index (Phi) is 6.79. The van der Waals surface area contributed by atoms with Gasteiger partial charge in [-0.15, -0.1) is 0 Å². The number of fused-ring (bicyclic) bond motifs is 1. The van der Waals surface area contributed by atoms with Crippen LogP contribution in [-0.4, -0.2) is 24.8 Å². The summed E-state index contributed by atoms with van der Waals surface area (Å²) >= 11 is 1.86. The molecule has 0 amide bonds. The molecule has 0 unspecified atom stereocenters. The number of ether oxygens (including phenoxy) is 2. The quantitative estimate of drug-likeness (QED) is 0.417. The van der Waals surface area contributed by atoms with E-state index >= 15 is 0 Å². The Morgan fingerprint density at radius 1 is 1.15 bits per heavy atom. The summed E-state index contributed by atoms with van der Waals surface area (Å²) < 4.78 is 11.6. The maximum Gasteiger partial charge on any atom is 0.130 e. The maximum atomic E-state index is 6.11. The molecule has 33 heavy (non-hydrogen) atoms. The number of allylic oxidation sites excluding steroid dienone is 4. The molecule has 5 heteroatoms. The molecule has 174 valence electrons. The van der Waals surface area contributed by atoms with Gasteiger partial charge >= 0.3 is 0 Å². The summed E-state index contributed by atoms with van der Waals surface area (Å²) in [6.45, 7) is 8.57. The van der Waals surface area contributed by atoms with Crippen LogP contribution in [0.1, 0.15) is 58.6 Å². The van der Waals surface area contributed by atoms with E-state index < -0.39 is 0 Å². The van der Waals surface area contributed by atoms with Gasteiger partial charge in [0.15, 0.2) is 0 Å². The normalized spacial score (nSPS) is 19.3. The fourth-order valence-corrected chi connectivity index (χ4v) is 5.57. The Morgan fingerprint density at radius 3 is 2.55 bits per heavy atom. The van der Waals surface area contributed by atoms with Crippen LogP contribution in [0.5, 0.6) is 5.75 Å². The van der Waals surface area contributed by atoms with Crippen LogP contribution >= 0.6 is 11.8 Å². The third-order valence-electron chi connectivity index (χ3n) is 6.74. The molecule has 1 aliphatic heterocycles. The van der Waals surface area contributed by atoms with Crippen LogP contribution in [0, 0.1) is 11.8 Å². The molecule has 1 aromatic heterocycles. The Hall–Kier alpha value is -2.24. The number of nitrogens with zero attached hydrogens (tertiary/aromatic N) is 1. The van der Waals surface area contributed by atoms with Crippen molar-refractivity contribution < 1.29 is 9.47 Å². The summed E-state index contributed by atoms with van der Waals surface area (Å²) in [7, 11) is 0. The molecule has 2 aromatic rings. The zero-order valence-electron chi connectivity index (χ0n) is 19.9. The second-order valence-electron chi connectivity index (χ2n) is 9.12. The average Bonchev–Trinajstić information content (AvgIpc) is 3.58. The molecule has 5 rings (SSSR count). The van der Waals surface area contributed by atoms with Crippen molar-refractivity contribution in [3.8, 4) is 5.75 Å². The number of hydrogen-bond donors (Lipinski definition) is 1. The molecule has 2 saturated carbocycles. The fraction of sp³-hybridized carbons (Fsp3) is 0.464. The van der Waals surface area contributed by atoms with Crippen molar-refractivity contribution in [2.24, 2.45) is 11.8 Å². The monoisotopic (exact) mass is 462 g/mol. The second-order valence-corrected chi connectivity index (χ2v) is 10.2. The molecule has 0 radical (unpaired) electrons. The lowest BCUT2D eigenvalue weighted by atomic mass is 9.85. The van der Waals surface area contributed by atoms with Gasteiger partial charge in [-0.3, -0.25) is 0 Å². The predicted molar refractivity (Wildman–Crippen MR) is 139 cm³/mol. The van der Waals surface area contributed by atoms with E-state index in [-0.39, 0.29) is 0 Å². The number of thioether (sulfide) groups is 1. The van der Waals surface area contributed by atoms with Gasteiger partial charge in [0.1, 0.15) is 5.75 Å². The highest BCUT2D eigenvalue weighted by Crippen LogP contribution is 2.47. The highest BCUT2D eigenvalue weighted by molar-refractivity contribution is 8.11. The van der Waals surface area contributed by atoms with Gasteiger partial charge in [0.25, 0.3) is 0 Å². The molecule has 4 nitrogen and oxygen atoms in total. The van der Waals surface area contributed by atoms with Gasteiger partial charge in [-0.25, -0.2) is 4.98 Å². The zero-order valence-corrected chi connectivity index (χ0v) is 20.8. The Labute approximate surface area is 201 Å². The molecular formula is C28H34N2O2S. The van der Waals surface area contributed by atoms with Crippen LogP contribution in [0.25, 0.3) is 15.8 Å². The number of aromatic nitrogens is 1. The summed E-state index contributed by atoms with van der Waals surface area (Å²) in [6.07, 6.45) is 10.8. The minimum atomic E-state index is 0.504. The molecule has 2 heterocycles. The lowest BCUT2D eigenvalue weighted by Gasteiger charge is -2.34. The first-order valence-electron chi connectivity index (χ1n) is 12.3. The van der Waals surface area contributed by atoms with Crippen molar-refractivity contribution in [1.29, 1.82) is 0 Å². The van der Waals surface area contributed by atoms with Crippen LogP contribution in [-0.2, 0) is 4.74 Å². The smallest absolute Gasteiger partial charge is 0.130 e. The molecule has 1 N–H and O–H groups in total. The Morgan fingerprint density at radius 2 is 1.97 bits per heavy atom. The molecule has 0 bridgehead atoms. The van der Waals surface area contributed by atoms with Crippen molar-refractivity contribution >= 4 is 33.3 Å². The Bertz CT molecular complexity index is 1120.